The summed E-state index contributed by atoms with van der Waals surface area (Å²) >= 11 is 0. The molecule has 2 unspecified atom stereocenters. The van der Waals surface area contributed by atoms with Crippen LogP contribution in [0, 0.1) is 0 Å². The van der Waals surface area contributed by atoms with Gasteiger partial charge in [-0.25, -0.2) is 0 Å². The number of aliphatic hydroxyl groups is 3. The Balaban J connectivity index is 2.33. The SMILES string of the molecule is CCCCCCCCCCCCCCCCCCC(=O)C(O)(C(=O)C(O)CCCCCCCCCCCCCCCCCC)C1(O)C(=O)CCC1=O. The topological polar surface area (TPSA) is 129 Å². The lowest BCUT2D eigenvalue weighted by atomic mass is 9.71. The summed E-state index contributed by atoms with van der Waals surface area (Å²) in [6.45, 7) is 4.50. The molecule has 0 aromatic heterocycles. The molecular formula is C45H82O7. The van der Waals surface area contributed by atoms with E-state index in [2.05, 4.69) is 13.8 Å². The quantitative estimate of drug-likeness (QED) is 0.0425. The molecule has 0 amide bonds. The molecule has 1 saturated carbocycles. The molecule has 1 fully saturated rings. The zero-order valence-corrected chi connectivity index (χ0v) is 34.0. The fourth-order valence-electron chi connectivity index (χ4n) is 7.94. The summed E-state index contributed by atoms with van der Waals surface area (Å²) in [5.74, 6) is -4.41. The minimum Gasteiger partial charge on any atom is -0.385 e. The van der Waals surface area contributed by atoms with Crippen molar-refractivity contribution >= 4 is 23.1 Å². The number of unbranched alkanes of at least 4 members (excludes halogenated alkanes) is 30. The van der Waals surface area contributed by atoms with Crippen LogP contribution in [-0.4, -0.2) is 55.8 Å². The molecule has 3 N–H and O–H groups in total. The summed E-state index contributed by atoms with van der Waals surface area (Å²) in [5.41, 5.74) is -6.37. The van der Waals surface area contributed by atoms with Crippen LogP contribution in [0.3, 0.4) is 0 Å². The number of Topliss-reactive ketones (excluding diaryl/α,β-unsaturated/α-hetero) is 4. The molecule has 0 heterocycles. The van der Waals surface area contributed by atoms with E-state index in [1.807, 2.05) is 0 Å². The standard InChI is InChI=1S/C45H82O7/c1-3-5-7-9-11-13-15-17-19-21-23-25-27-29-31-33-35-39(46)43(50)45(52,44(51)41(48)37-38-42(44)49)40(47)36-34-32-30-28-26-24-22-20-18-16-14-12-10-8-6-4-2/h39,46,51-52H,3-38H2,1-2H3. The Kier molecular flexibility index (Phi) is 28.8. The average Bonchev–Trinajstić information content (AvgIpc) is 3.41. The van der Waals surface area contributed by atoms with Crippen molar-refractivity contribution in [2.45, 2.75) is 262 Å². The first-order chi connectivity index (χ1) is 25.2. The van der Waals surface area contributed by atoms with Crippen LogP contribution in [0.2, 0.25) is 0 Å². The van der Waals surface area contributed by atoms with Gasteiger partial charge in [0.1, 0.15) is 6.10 Å². The summed E-state index contributed by atoms with van der Waals surface area (Å²) in [6, 6.07) is 0. The van der Waals surface area contributed by atoms with Crippen LogP contribution in [0.25, 0.3) is 0 Å². The molecule has 0 radical (unpaired) electrons. The van der Waals surface area contributed by atoms with Crippen LogP contribution in [0.15, 0.2) is 0 Å². The zero-order chi connectivity index (χ0) is 38.3. The van der Waals surface area contributed by atoms with E-state index in [-0.39, 0.29) is 25.7 Å². The molecule has 0 bridgehead atoms. The number of aliphatic hydroxyl groups excluding tert-OH is 1. The Morgan fingerprint density at radius 3 is 1.10 bits per heavy atom. The van der Waals surface area contributed by atoms with Gasteiger partial charge in [0.15, 0.2) is 17.3 Å². The Bertz CT molecular complexity index is 930. The lowest BCUT2D eigenvalue weighted by Gasteiger charge is -2.37. The lowest BCUT2D eigenvalue weighted by Crippen LogP contribution is -2.71. The first-order valence-corrected chi connectivity index (χ1v) is 22.4. The fraction of sp³-hybridized carbons (Fsp3) is 0.911. The van der Waals surface area contributed by atoms with Crippen LogP contribution in [-0.2, 0) is 19.2 Å². The molecule has 7 heteroatoms. The second-order valence-corrected chi connectivity index (χ2v) is 16.2. The molecule has 0 aromatic carbocycles. The number of ketones is 4. The lowest BCUT2D eigenvalue weighted by molar-refractivity contribution is -0.190. The van der Waals surface area contributed by atoms with Crippen molar-refractivity contribution in [3.8, 4) is 0 Å². The highest BCUT2D eigenvalue weighted by atomic mass is 16.4. The van der Waals surface area contributed by atoms with Crippen molar-refractivity contribution in [2.24, 2.45) is 0 Å². The number of rotatable bonds is 38. The largest absolute Gasteiger partial charge is 0.385 e. The van der Waals surface area contributed by atoms with Crippen LogP contribution in [0.5, 0.6) is 0 Å². The highest BCUT2D eigenvalue weighted by Gasteiger charge is 2.69. The fourth-order valence-corrected chi connectivity index (χ4v) is 7.94. The van der Waals surface area contributed by atoms with Gasteiger partial charge in [-0.2, -0.15) is 0 Å². The van der Waals surface area contributed by atoms with Crippen molar-refractivity contribution in [1.82, 2.24) is 0 Å². The minimum atomic E-state index is -3.25. The molecule has 304 valence electrons. The van der Waals surface area contributed by atoms with Gasteiger partial charge in [-0.15, -0.1) is 0 Å². The predicted octanol–water partition coefficient (Wildman–Crippen LogP) is 11.2. The maximum atomic E-state index is 13.5. The number of hydrogen-bond donors (Lipinski definition) is 3. The van der Waals surface area contributed by atoms with Gasteiger partial charge in [-0.05, 0) is 12.8 Å². The van der Waals surface area contributed by atoms with Crippen molar-refractivity contribution in [3.63, 3.8) is 0 Å². The van der Waals surface area contributed by atoms with E-state index in [4.69, 9.17) is 0 Å². The zero-order valence-electron chi connectivity index (χ0n) is 34.0. The van der Waals surface area contributed by atoms with E-state index in [1.165, 1.54) is 141 Å². The molecule has 2 atom stereocenters. The normalized spacial score (nSPS) is 16.0. The van der Waals surface area contributed by atoms with Gasteiger partial charge in [0.05, 0.1) is 0 Å². The Labute approximate surface area is 319 Å². The maximum absolute atomic E-state index is 13.5. The van der Waals surface area contributed by atoms with Gasteiger partial charge in [-0.3, -0.25) is 19.2 Å². The van der Waals surface area contributed by atoms with E-state index in [0.717, 1.165) is 44.9 Å². The molecule has 1 rings (SSSR count). The van der Waals surface area contributed by atoms with Gasteiger partial charge < -0.3 is 15.3 Å². The Morgan fingerprint density at radius 2 is 0.788 bits per heavy atom. The molecule has 1 aliphatic carbocycles. The third kappa shape index (κ3) is 18.7. The van der Waals surface area contributed by atoms with Gasteiger partial charge in [-0.1, -0.05) is 213 Å². The third-order valence-corrected chi connectivity index (χ3v) is 11.6. The van der Waals surface area contributed by atoms with Crippen molar-refractivity contribution in [3.05, 3.63) is 0 Å². The van der Waals surface area contributed by atoms with Crippen molar-refractivity contribution in [1.29, 1.82) is 0 Å². The Morgan fingerprint density at radius 1 is 0.519 bits per heavy atom. The summed E-state index contributed by atoms with van der Waals surface area (Å²) in [4.78, 5) is 52.3. The highest BCUT2D eigenvalue weighted by Crippen LogP contribution is 2.37. The first-order valence-electron chi connectivity index (χ1n) is 22.4. The van der Waals surface area contributed by atoms with E-state index in [9.17, 15) is 34.5 Å². The molecule has 0 aromatic rings. The van der Waals surface area contributed by atoms with Gasteiger partial charge in [0.2, 0.25) is 17.0 Å². The number of carbonyl (C=O) groups excluding carboxylic acids is 4. The number of carbonyl (C=O) groups is 4. The molecule has 7 nitrogen and oxygen atoms in total. The highest BCUT2D eigenvalue weighted by molar-refractivity contribution is 6.28. The van der Waals surface area contributed by atoms with Crippen LogP contribution >= 0.6 is 0 Å². The molecule has 0 aliphatic heterocycles. The Hall–Kier alpha value is -1.44. The average molecular weight is 735 g/mol. The van der Waals surface area contributed by atoms with Gasteiger partial charge >= 0.3 is 0 Å². The molecule has 0 saturated heterocycles. The monoisotopic (exact) mass is 735 g/mol. The third-order valence-electron chi connectivity index (χ3n) is 11.6. The first kappa shape index (κ1) is 48.6. The summed E-state index contributed by atoms with van der Waals surface area (Å²) in [6.07, 6.45) is 35.0. The summed E-state index contributed by atoms with van der Waals surface area (Å²) in [5, 5.41) is 33.5. The van der Waals surface area contributed by atoms with E-state index < -0.39 is 40.4 Å². The van der Waals surface area contributed by atoms with E-state index in [1.54, 1.807) is 0 Å². The second kappa shape index (κ2) is 30.8. The molecular weight excluding hydrogens is 652 g/mol. The van der Waals surface area contributed by atoms with E-state index in [0.29, 0.717) is 19.3 Å². The van der Waals surface area contributed by atoms with E-state index >= 15 is 0 Å². The minimum absolute atomic E-state index is 0.00434. The van der Waals surface area contributed by atoms with Gasteiger partial charge in [0, 0.05) is 19.3 Å². The molecule has 0 spiro atoms. The molecule has 52 heavy (non-hydrogen) atoms. The maximum Gasteiger partial charge on any atom is 0.227 e. The predicted molar refractivity (Wildman–Crippen MR) is 213 cm³/mol. The smallest absolute Gasteiger partial charge is 0.227 e. The second-order valence-electron chi connectivity index (χ2n) is 16.2. The summed E-state index contributed by atoms with van der Waals surface area (Å²) in [7, 11) is 0. The van der Waals surface area contributed by atoms with Crippen molar-refractivity contribution in [2.75, 3.05) is 0 Å². The van der Waals surface area contributed by atoms with Gasteiger partial charge in [0.25, 0.3) is 0 Å². The summed E-state index contributed by atoms with van der Waals surface area (Å²) < 4.78 is 0. The van der Waals surface area contributed by atoms with Crippen LogP contribution < -0.4 is 0 Å². The number of hydrogen-bond acceptors (Lipinski definition) is 7. The van der Waals surface area contributed by atoms with Crippen LogP contribution in [0.4, 0.5) is 0 Å². The molecule has 1 aliphatic rings. The van der Waals surface area contributed by atoms with Crippen LogP contribution in [0.1, 0.15) is 245 Å². The van der Waals surface area contributed by atoms with Crippen molar-refractivity contribution < 1.29 is 34.5 Å².